The Hall–Kier alpha value is -4.03. The molecule has 0 spiro atoms. The zero-order valence-electron chi connectivity index (χ0n) is 22.2. The lowest BCUT2D eigenvalue weighted by molar-refractivity contribution is 0.0688. The number of aromatic nitrogens is 3. The molecule has 2 N–H and O–H groups in total. The van der Waals surface area contributed by atoms with E-state index in [2.05, 4.69) is 15.3 Å². The normalized spacial score (nSPS) is 14.4. The number of hydrogen-bond acceptors (Lipinski definition) is 7. The summed E-state index contributed by atoms with van der Waals surface area (Å²) >= 11 is 0. The second-order valence-electron chi connectivity index (χ2n) is 9.93. The fourth-order valence-corrected chi connectivity index (χ4v) is 5.71. The lowest BCUT2D eigenvalue weighted by atomic mass is 9.93. The number of aryl methyl sites for hydroxylation is 1. The highest BCUT2D eigenvalue weighted by Crippen LogP contribution is 2.29. The molecule has 1 saturated heterocycles. The SMILES string of the molecule is COc1ccc(-c2cnc3c(Nc4ccc(C(=O)N5CCC(CCS(=O)(=O)O)CC5)c(C)c4)nccn23)cc1F. The molecule has 0 unspecified atom stereocenters. The fraction of sp³-hybridized carbons (Fsp3) is 0.321. The number of nitrogens with one attached hydrogen (secondary N) is 1. The molecule has 1 aliphatic heterocycles. The fourth-order valence-electron chi connectivity index (χ4n) is 5.08. The van der Waals surface area contributed by atoms with Gasteiger partial charge in [-0.3, -0.25) is 13.7 Å². The van der Waals surface area contributed by atoms with Crippen molar-refractivity contribution in [3.63, 3.8) is 0 Å². The van der Waals surface area contributed by atoms with Gasteiger partial charge in [-0.05, 0) is 74.1 Å². The number of imidazole rings is 1. The summed E-state index contributed by atoms with van der Waals surface area (Å²) in [6, 6.07) is 10.2. The van der Waals surface area contributed by atoms with Crippen LogP contribution in [-0.4, -0.2) is 64.1 Å². The summed E-state index contributed by atoms with van der Waals surface area (Å²) in [6.07, 6.45) is 6.84. The number of anilines is 2. The quantitative estimate of drug-likeness (QED) is 0.293. The Kier molecular flexibility index (Phi) is 7.72. The summed E-state index contributed by atoms with van der Waals surface area (Å²) < 4.78 is 52.2. The van der Waals surface area contributed by atoms with Crippen LogP contribution in [0.1, 0.15) is 35.2 Å². The van der Waals surface area contributed by atoms with Gasteiger partial charge in [0.1, 0.15) is 0 Å². The number of piperidine rings is 1. The number of carbonyl (C=O) groups excluding carboxylic acids is 1. The minimum absolute atomic E-state index is 0.0675. The monoisotopic (exact) mass is 567 g/mol. The molecule has 40 heavy (non-hydrogen) atoms. The van der Waals surface area contributed by atoms with Crippen LogP contribution in [-0.2, 0) is 10.1 Å². The Morgan fingerprint density at radius 2 is 1.95 bits per heavy atom. The molecule has 0 aliphatic carbocycles. The van der Waals surface area contributed by atoms with Gasteiger partial charge in [-0.1, -0.05) is 0 Å². The summed E-state index contributed by atoms with van der Waals surface area (Å²) in [5.41, 5.74) is 4.03. The van der Waals surface area contributed by atoms with Gasteiger partial charge in [0.25, 0.3) is 16.0 Å². The van der Waals surface area contributed by atoms with E-state index in [0.717, 1.165) is 11.3 Å². The van der Waals surface area contributed by atoms with Crippen molar-refractivity contribution in [1.82, 2.24) is 19.3 Å². The third kappa shape index (κ3) is 5.92. The van der Waals surface area contributed by atoms with Crippen LogP contribution in [0.2, 0.25) is 0 Å². The third-order valence-corrected chi connectivity index (χ3v) is 8.03. The highest BCUT2D eigenvalue weighted by Gasteiger charge is 2.25. The van der Waals surface area contributed by atoms with E-state index in [4.69, 9.17) is 9.29 Å². The molecule has 0 saturated carbocycles. The Bertz CT molecular complexity index is 1670. The molecular weight excluding hydrogens is 537 g/mol. The highest BCUT2D eigenvalue weighted by molar-refractivity contribution is 7.85. The number of carbonyl (C=O) groups is 1. The van der Waals surface area contributed by atoms with Gasteiger partial charge >= 0.3 is 0 Å². The minimum Gasteiger partial charge on any atom is -0.494 e. The molecule has 1 fully saturated rings. The van der Waals surface area contributed by atoms with Crippen molar-refractivity contribution in [3.8, 4) is 17.0 Å². The maximum atomic E-state index is 14.3. The Balaban J connectivity index is 1.29. The van der Waals surface area contributed by atoms with E-state index in [1.165, 1.54) is 13.2 Å². The number of fused-ring (bicyclic) bond motifs is 1. The number of rotatable bonds is 8. The summed E-state index contributed by atoms with van der Waals surface area (Å²) in [5, 5.41) is 3.28. The van der Waals surface area contributed by atoms with Gasteiger partial charge < -0.3 is 15.0 Å². The first-order chi connectivity index (χ1) is 19.1. The van der Waals surface area contributed by atoms with Crippen molar-refractivity contribution >= 4 is 33.2 Å². The zero-order chi connectivity index (χ0) is 28.4. The first kappa shape index (κ1) is 27.5. The first-order valence-electron chi connectivity index (χ1n) is 12.9. The van der Waals surface area contributed by atoms with E-state index >= 15 is 0 Å². The molecule has 0 atom stereocenters. The number of nitrogens with zero attached hydrogens (tertiary/aromatic N) is 4. The average molecular weight is 568 g/mol. The lowest BCUT2D eigenvalue weighted by Crippen LogP contribution is -2.39. The Labute approximate surface area is 231 Å². The summed E-state index contributed by atoms with van der Waals surface area (Å²) in [7, 11) is -2.55. The van der Waals surface area contributed by atoms with Gasteiger partial charge in [-0.15, -0.1) is 0 Å². The Morgan fingerprint density at radius 1 is 1.18 bits per heavy atom. The minimum atomic E-state index is -3.97. The van der Waals surface area contributed by atoms with Crippen LogP contribution in [0.15, 0.2) is 55.0 Å². The molecule has 0 bridgehead atoms. The van der Waals surface area contributed by atoms with Crippen LogP contribution in [0, 0.1) is 18.7 Å². The average Bonchev–Trinajstić information content (AvgIpc) is 3.37. The summed E-state index contributed by atoms with van der Waals surface area (Å²) in [4.78, 5) is 23.9. The van der Waals surface area contributed by atoms with Gasteiger partial charge in [-0.2, -0.15) is 8.42 Å². The number of ether oxygens (including phenoxy) is 1. The van der Waals surface area contributed by atoms with Gasteiger partial charge in [0.05, 0.1) is 24.8 Å². The van der Waals surface area contributed by atoms with E-state index in [1.54, 1.807) is 41.7 Å². The molecule has 2 aromatic carbocycles. The van der Waals surface area contributed by atoms with Crippen molar-refractivity contribution in [3.05, 3.63) is 71.9 Å². The maximum Gasteiger partial charge on any atom is 0.264 e. The number of amides is 1. The van der Waals surface area contributed by atoms with Gasteiger partial charge in [-0.25, -0.2) is 14.4 Å². The van der Waals surface area contributed by atoms with Crippen LogP contribution in [0.3, 0.4) is 0 Å². The largest absolute Gasteiger partial charge is 0.494 e. The second kappa shape index (κ2) is 11.2. The number of likely N-dealkylation sites (tertiary alicyclic amines) is 1. The van der Waals surface area contributed by atoms with Crippen molar-refractivity contribution in [2.24, 2.45) is 5.92 Å². The van der Waals surface area contributed by atoms with Gasteiger partial charge in [0, 0.05) is 42.3 Å². The molecule has 0 radical (unpaired) electrons. The molecule has 3 heterocycles. The van der Waals surface area contributed by atoms with Crippen molar-refractivity contribution in [2.75, 3.05) is 31.3 Å². The van der Waals surface area contributed by atoms with Crippen molar-refractivity contribution < 1.29 is 26.9 Å². The van der Waals surface area contributed by atoms with Crippen LogP contribution < -0.4 is 10.1 Å². The predicted octanol–water partition coefficient (Wildman–Crippen LogP) is 4.73. The Morgan fingerprint density at radius 3 is 2.62 bits per heavy atom. The molecule has 5 rings (SSSR count). The molecular formula is C28H30FN5O5S. The predicted molar refractivity (Wildman–Crippen MR) is 149 cm³/mol. The molecule has 10 nitrogen and oxygen atoms in total. The maximum absolute atomic E-state index is 14.3. The molecule has 1 aliphatic rings. The van der Waals surface area contributed by atoms with Gasteiger partial charge in [0.2, 0.25) is 0 Å². The number of halogens is 1. The van der Waals surface area contributed by atoms with Gasteiger partial charge in [0.15, 0.2) is 23.0 Å². The topological polar surface area (TPSA) is 126 Å². The zero-order valence-corrected chi connectivity index (χ0v) is 23.0. The van der Waals surface area contributed by atoms with Crippen molar-refractivity contribution in [2.45, 2.75) is 26.2 Å². The number of hydrogen-bond donors (Lipinski definition) is 2. The molecule has 12 heteroatoms. The summed E-state index contributed by atoms with van der Waals surface area (Å²) in [6.45, 7) is 2.96. The molecule has 2 aromatic heterocycles. The van der Waals surface area contributed by atoms with E-state index in [-0.39, 0.29) is 23.3 Å². The summed E-state index contributed by atoms with van der Waals surface area (Å²) in [5.74, 6) is 0.0612. The van der Waals surface area contributed by atoms with E-state index < -0.39 is 15.9 Å². The third-order valence-electron chi connectivity index (χ3n) is 7.28. The number of benzene rings is 2. The van der Waals surface area contributed by atoms with Crippen molar-refractivity contribution in [1.29, 1.82) is 0 Å². The van der Waals surface area contributed by atoms with Crippen LogP contribution in [0.4, 0.5) is 15.9 Å². The first-order valence-corrected chi connectivity index (χ1v) is 14.5. The standard InChI is InChI=1S/C28H30FN5O5S/c1-18-15-21(4-5-22(18)28(35)33-11-7-19(8-12-33)9-14-40(36,37)38)32-26-27-31-17-24(34(27)13-10-30-26)20-3-6-25(39-2)23(29)16-20/h3-6,10,13,15-17,19H,7-9,11-12,14H2,1-2H3,(H,30,32)(H,36,37,38). The molecule has 4 aromatic rings. The smallest absolute Gasteiger partial charge is 0.264 e. The second-order valence-corrected chi connectivity index (χ2v) is 11.5. The van der Waals surface area contributed by atoms with Crippen LogP contribution in [0.5, 0.6) is 5.75 Å². The van der Waals surface area contributed by atoms with E-state index in [0.29, 0.717) is 60.6 Å². The van der Waals surface area contributed by atoms with Crippen LogP contribution >= 0.6 is 0 Å². The molecule has 210 valence electrons. The van der Waals surface area contributed by atoms with E-state index in [1.807, 2.05) is 23.5 Å². The molecule has 1 amide bonds. The van der Waals surface area contributed by atoms with Crippen LogP contribution in [0.25, 0.3) is 16.9 Å². The highest BCUT2D eigenvalue weighted by atomic mass is 32.2. The number of methoxy groups -OCH3 is 1. The van der Waals surface area contributed by atoms with E-state index in [9.17, 15) is 17.6 Å². The lowest BCUT2D eigenvalue weighted by Gasteiger charge is -2.32.